The van der Waals surface area contributed by atoms with Crippen LogP contribution in [0.1, 0.15) is 27.4 Å². The second kappa shape index (κ2) is 8.96. The minimum Gasteiger partial charge on any atom is -0.478 e. The summed E-state index contributed by atoms with van der Waals surface area (Å²) < 4.78 is 5.79. The van der Waals surface area contributed by atoms with Crippen LogP contribution in [0.4, 0.5) is 10.7 Å². The van der Waals surface area contributed by atoms with Crippen molar-refractivity contribution in [2.75, 3.05) is 37.7 Å². The van der Waals surface area contributed by atoms with Gasteiger partial charge < -0.3 is 19.6 Å². The van der Waals surface area contributed by atoms with Gasteiger partial charge >= 0.3 is 12.1 Å². The number of aromatic carboxylic acids is 1. The zero-order chi connectivity index (χ0) is 24.6. The fourth-order valence-corrected chi connectivity index (χ4v) is 5.16. The van der Waals surface area contributed by atoms with E-state index in [2.05, 4.69) is 34.2 Å². The van der Waals surface area contributed by atoms with E-state index in [9.17, 15) is 14.7 Å². The Morgan fingerprint density at radius 3 is 2.22 bits per heavy atom. The molecule has 0 radical (unpaired) electrons. The van der Waals surface area contributed by atoms with Crippen molar-refractivity contribution in [2.24, 2.45) is 0 Å². The second-order valence-electron chi connectivity index (χ2n) is 8.99. The van der Waals surface area contributed by atoms with Crippen LogP contribution in [0, 0.1) is 0 Å². The molecule has 0 saturated carbocycles. The molecule has 0 spiro atoms. The monoisotopic (exact) mass is 480 g/mol. The summed E-state index contributed by atoms with van der Waals surface area (Å²) in [5.74, 6) is -0.449. The van der Waals surface area contributed by atoms with Gasteiger partial charge in [0.25, 0.3) is 0 Å². The highest BCUT2D eigenvalue weighted by Crippen LogP contribution is 2.44. The van der Waals surface area contributed by atoms with Gasteiger partial charge in [-0.05, 0) is 34.4 Å². The predicted octanol–water partition coefficient (Wildman–Crippen LogP) is 4.40. The maximum absolute atomic E-state index is 12.9. The maximum atomic E-state index is 12.9. The lowest BCUT2D eigenvalue weighted by molar-refractivity contribution is 0.0698. The summed E-state index contributed by atoms with van der Waals surface area (Å²) in [6, 6.07) is 21.6. The van der Waals surface area contributed by atoms with Crippen LogP contribution in [0.3, 0.4) is 0 Å². The maximum Gasteiger partial charge on any atom is 0.409 e. The number of anilines is 1. The Balaban J connectivity index is 1.10. The standard InChI is InChI=1S/C28H24N4O4/c33-26(34)22-10-5-11-25-23(22)16-29-27(30-25)31-12-14-32(15-13-31)28(35)36-17-24-20-8-3-1-6-18(20)19-7-2-4-9-21(19)24/h1-11,16,24H,12-15,17H2,(H,33,34). The van der Waals surface area contributed by atoms with Gasteiger partial charge in [0.2, 0.25) is 5.95 Å². The third-order valence-electron chi connectivity index (χ3n) is 7.00. The van der Waals surface area contributed by atoms with Crippen molar-refractivity contribution in [1.29, 1.82) is 0 Å². The average molecular weight is 481 g/mol. The number of rotatable bonds is 4. The summed E-state index contributed by atoms with van der Waals surface area (Å²) in [7, 11) is 0. The lowest BCUT2D eigenvalue weighted by Gasteiger charge is -2.34. The molecule has 0 atom stereocenters. The number of carboxylic acid groups (broad SMARTS) is 1. The first-order valence-electron chi connectivity index (χ1n) is 11.9. The van der Waals surface area contributed by atoms with Crippen LogP contribution in [0.5, 0.6) is 0 Å². The molecule has 2 heterocycles. The lowest BCUT2D eigenvalue weighted by Crippen LogP contribution is -2.49. The summed E-state index contributed by atoms with van der Waals surface area (Å²) in [5.41, 5.74) is 5.55. The van der Waals surface area contributed by atoms with Crippen molar-refractivity contribution in [2.45, 2.75) is 5.92 Å². The van der Waals surface area contributed by atoms with E-state index in [1.807, 2.05) is 29.2 Å². The normalized spacial score (nSPS) is 15.0. The highest BCUT2D eigenvalue weighted by atomic mass is 16.6. The summed E-state index contributed by atoms with van der Waals surface area (Å²) in [6.45, 7) is 2.41. The number of carbonyl (C=O) groups excluding carboxylic acids is 1. The van der Waals surface area contributed by atoms with E-state index in [1.54, 1.807) is 29.3 Å². The van der Waals surface area contributed by atoms with Gasteiger partial charge in [-0.1, -0.05) is 54.6 Å². The van der Waals surface area contributed by atoms with Crippen LogP contribution in [0.25, 0.3) is 22.0 Å². The minimum absolute atomic E-state index is 0.0318. The van der Waals surface area contributed by atoms with E-state index in [0.717, 1.165) is 0 Å². The number of benzene rings is 3. The van der Waals surface area contributed by atoms with Gasteiger partial charge in [-0.3, -0.25) is 0 Å². The van der Waals surface area contributed by atoms with Crippen LogP contribution in [0.15, 0.2) is 72.9 Å². The Labute approximate surface area is 207 Å². The molecule has 1 N–H and O–H groups in total. The van der Waals surface area contributed by atoms with Crippen LogP contribution in [-0.4, -0.2) is 64.8 Å². The number of fused-ring (bicyclic) bond motifs is 4. The molecule has 3 aromatic carbocycles. The largest absolute Gasteiger partial charge is 0.478 e. The van der Waals surface area contributed by atoms with Crippen LogP contribution in [0.2, 0.25) is 0 Å². The van der Waals surface area contributed by atoms with Crippen molar-refractivity contribution < 1.29 is 19.4 Å². The number of carbonyl (C=O) groups is 2. The van der Waals surface area contributed by atoms with E-state index in [4.69, 9.17) is 4.74 Å². The molecule has 36 heavy (non-hydrogen) atoms. The molecule has 1 aliphatic heterocycles. The Bertz CT molecular complexity index is 1430. The van der Waals surface area contributed by atoms with Crippen LogP contribution < -0.4 is 4.90 Å². The molecule has 4 aromatic rings. The highest BCUT2D eigenvalue weighted by Gasteiger charge is 2.30. The Morgan fingerprint density at radius 2 is 1.56 bits per heavy atom. The summed E-state index contributed by atoms with van der Waals surface area (Å²) in [6.07, 6.45) is 1.24. The first kappa shape index (κ1) is 22.0. The quantitative estimate of drug-likeness (QED) is 0.463. The molecular formula is C28H24N4O4. The van der Waals surface area contributed by atoms with Crippen LogP contribution in [-0.2, 0) is 4.74 Å². The third kappa shape index (κ3) is 3.80. The van der Waals surface area contributed by atoms with E-state index in [0.29, 0.717) is 49.6 Å². The Morgan fingerprint density at radius 1 is 0.889 bits per heavy atom. The molecule has 8 nitrogen and oxygen atoms in total. The number of hydrogen-bond donors (Lipinski definition) is 1. The fourth-order valence-electron chi connectivity index (χ4n) is 5.16. The van der Waals surface area contributed by atoms with Gasteiger partial charge in [0.1, 0.15) is 6.61 Å². The molecule has 1 aromatic heterocycles. The highest BCUT2D eigenvalue weighted by molar-refractivity contribution is 6.02. The van der Waals surface area contributed by atoms with E-state index < -0.39 is 5.97 Å². The zero-order valence-corrected chi connectivity index (χ0v) is 19.5. The third-order valence-corrected chi connectivity index (χ3v) is 7.00. The van der Waals surface area contributed by atoms with Crippen molar-refractivity contribution >= 4 is 28.9 Å². The van der Waals surface area contributed by atoms with Gasteiger partial charge in [0, 0.05) is 43.7 Å². The average Bonchev–Trinajstić information content (AvgIpc) is 3.24. The molecule has 0 bridgehead atoms. The first-order valence-corrected chi connectivity index (χ1v) is 11.9. The first-order chi connectivity index (χ1) is 17.6. The molecular weight excluding hydrogens is 456 g/mol. The molecule has 1 fully saturated rings. The van der Waals surface area contributed by atoms with E-state index in [1.165, 1.54) is 22.3 Å². The molecule has 2 aliphatic rings. The number of nitrogens with zero attached hydrogens (tertiary/aromatic N) is 4. The number of hydrogen-bond acceptors (Lipinski definition) is 6. The van der Waals surface area contributed by atoms with Gasteiger partial charge in [0.05, 0.1) is 11.1 Å². The lowest BCUT2D eigenvalue weighted by atomic mass is 9.98. The number of amides is 1. The van der Waals surface area contributed by atoms with E-state index in [-0.39, 0.29) is 17.6 Å². The molecule has 1 aliphatic carbocycles. The molecule has 0 unspecified atom stereocenters. The molecule has 180 valence electrons. The van der Waals surface area contributed by atoms with E-state index >= 15 is 0 Å². The second-order valence-corrected chi connectivity index (χ2v) is 8.99. The van der Waals surface area contributed by atoms with Crippen molar-refractivity contribution in [3.63, 3.8) is 0 Å². The zero-order valence-electron chi connectivity index (χ0n) is 19.5. The number of ether oxygens (including phenoxy) is 1. The number of aromatic nitrogens is 2. The van der Waals surface area contributed by atoms with Crippen LogP contribution >= 0.6 is 0 Å². The van der Waals surface area contributed by atoms with Crippen molar-refractivity contribution in [1.82, 2.24) is 14.9 Å². The predicted molar refractivity (Wildman–Crippen MR) is 135 cm³/mol. The van der Waals surface area contributed by atoms with Gasteiger partial charge in [-0.2, -0.15) is 0 Å². The molecule has 1 saturated heterocycles. The van der Waals surface area contributed by atoms with Crippen molar-refractivity contribution in [3.8, 4) is 11.1 Å². The van der Waals surface area contributed by atoms with Gasteiger partial charge in [-0.15, -0.1) is 0 Å². The molecule has 1 amide bonds. The molecule has 6 rings (SSSR count). The van der Waals surface area contributed by atoms with Crippen molar-refractivity contribution in [3.05, 3.63) is 89.6 Å². The molecule has 8 heteroatoms. The summed E-state index contributed by atoms with van der Waals surface area (Å²) in [5, 5.41) is 9.88. The summed E-state index contributed by atoms with van der Waals surface area (Å²) >= 11 is 0. The number of carboxylic acids is 1. The van der Waals surface area contributed by atoms with Gasteiger partial charge in [0.15, 0.2) is 0 Å². The smallest absolute Gasteiger partial charge is 0.409 e. The topological polar surface area (TPSA) is 95.9 Å². The SMILES string of the molecule is O=C(O)c1cccc2nc(N3CCN(C(=O)OCC4c5ccccc5-c5ccccc54)CC3)ncc12. The number of piperazine rings is 1. The van der Waals surface area contributed by atoms with Gasteiger partial charge in [-0.25, -0.2) is 19.6 Å². The fraction of sp³-hybridized carbons (Fsp3) is 0.214. The Hall–Kier alpha value is -4.46. The summed E-state index contributed by atoms with van der Waals surface area (Å²) in [4.78, 5) is 37.0. The Kier molecular flexibility index (Phi) is 5.48. The minimum atomic E-state index is -1.01.